The summed E-state index contributed by atoms with van der Waals surface area (Å²) < 4.78 is 5.14. The quantitative estimate of drug-likeness (QED) is 0.771. The van der Waals surface area contributed by atoms with E-state index in [4.69, 9.17) is 4.74 Å². The van der Waals surface area contributed by atoms with Crippen LogP contribution in [-0.4, -0.2) is 72.3 Å². The van der Waals surface area contributed by atoms with Gasteiger partial charge in [-0.25, -0.2) is 0 Å². The summed E-state index contributed by atoms with van der Waals surface area (Å²) in [6, 6.07) is 7.89. The van der Waals surface area contributed by atoms with E-state index in [1.54, 1.807) is 7.11 Å². The number of nitrogens with zero attached hydrogens (tertiary/aromatic N) is 2. The molecule has 0 saturated carbocycles. The molecule has 1 aliphatic rings. The molecule has 6 heteroatoms. The van der Waals surface area contributed by atoms with Crippen LogP contribution in [-0.2, 0) is 11.3 Å². The third-order valence-electron chi connectivity index (χ3n) is 4.85. The van der Waals surface area contributed by atoms with Crippen LogP contribution in [0.4, 0.5) is 0 Å². The van der Waals surface area contributed by atoms with E-state index < -0.39 is 0 Å². The summed E-state index contributed by atoms with van der Waals surface area (Å²) in [6.07, 6.45) is -0.320. The van der Waals surface area contributed by atoms with Gasteiger partial charge < -0.3 is 15.2 Å². The van der Waals surface area contributed by atoms with Crippen LogP contribution in [0, 0.1) is 0 Å². The number of piperazine rings is 1. The van der Waals surface area contributed by atoms with Crippen LogP contribution < -0.4 is 10.1 Å². The molecule has 1 saturated heterocycles. The zero-order chi connectivity index (χ0) is 18.4. The van der Waals surface area contributed by atoms with Crippen LogP contribution in [0.1, 0.15) is 26.3 Å². The molecule has 0 aliphatic carbocycles. The summed E-state index contributed by atoms with van der Waals surface area (Å²) in [4.78, 5) is 17.0. The predicted molar refractivity (Wildman–Crippen MR) is 98.6 cm³/mol. The van der Waals surface area contributed by atoms with Gasteiger partial charge in [0.1, 0.15) is 5.75 Å². The molecule has 1 aromatic rings. The maximum Gasteiger partial charge on any atom is 0.237 e. The van der Waals surface area contributed by atoms with E-state index in [-0.39, 0.29) is 18.1 Å². The Kier molecular flexibility index (Phi) is 7.23. The van der Waals surface area contributed by atoms with Gasteiger partial charge in [-0.15, -0.1) is 0 Å². The fraction of sp³-hybridized carbons (Fsp3) is 0.632. The number of nitrogens with one attached hydrogen (secondary N) is 1. The lowest BCUT2D eigenvalue weighted by Crippen LogP contribution is -2.58. The van der Waals surface area contributed by atoms with Crippen molar-refractivity contribution in [2.75, 3.05) is 33.3 Å². The average Bonchev–Trinajstić information content (AvgIpc) is 2.60. The van der Waals surface area contributed by atoms with Gasteiger partial charge in [-0.05, 0) is 38.5 Å². The van der Waals surface area contributed by atoms with Crippen LogP contribution >= 0.6 is 0 Å². The van der Waals surface area contributed by atoms with Gasteiger partial charge in [0.2, 0.25) is 5.91 Å². The molecule has 1 aromatic carbocycles. The van der Waals surface area contributed by atoms with Crippen molar-refractivity contribution in [1.29, 1.82) is 0 Å². The van der Waals surface area contributed by atoms with E-state index >= 15 is 0 Å². The number of methoxy groups -OCH3 is 1. The largest absolute Gasteiger partial charge is 0.497 e. The Bertz CT molecular complexity index is 547. The number of rotatable bonds is 7. The minimum atomic E-state index is -0.320. The van der Waals surface area contributed by atoms with Crippen molar-refractivity contribution in [3.8, 4) is 5.75 Å². The number of hydrogen-bond donors (Lipinski definition) is 2. The third-order valence-corrected chi connectivity index (χ3v) is 4.85. The van der Waals surface area contributed by atoms with E-state index in [1.165, 1.54) is 0 Å². The molecule has 2 rings (SSSR count). The Hall–Kier alpha value is -1.63. The summed E-state index contributed by atoms with van der Waals surface area (Å²) in [6.45, 7) is 9.68. The summed E-state index contributed by atoms with van der Waals surface area (Å²) in [5.41, 5.74) is 1.05. The van der Waals surface area contributed by atoms with Crippen LogP contribution in [0.5, 0.6) is 5.75 Å². The average molecular weight is 349 g/mol. The molecule has 1 aliphatic heterocycles. The second kappa shape index (κ2) is 9.17. The molecule has 0 spiro atoms. The molecule has 25 heavy (non-hydrogen) atoms. The maximum absolute atomic E-state index is 12.5. The monoisotopic (exact) mass is 349 g/mol. The number of aliphatic hydroxyl groups is 1. The fourth-order valence-corrected chi connectivity index (χ4v) is 3.23. The molecule has 1 fully saturated rings. The van der Waals surface area contributed by atoms with Crippen molar-refractivity contribution in [1.82, 2.24) is 15.1 Å². The Morgan fingerprint density at radius 2 is 2.00 bits per heavy atom. The van der Waals surface area contributed by atoms with Gasteiger partial charge in [-0.2, -0.15) is 0 Å². The van der Waals surface area contributed by atoms with Crippen molar-refractivity contribution in [2.24, 2.45) is 0 Å². The summed E-state index contributed by atoms with van der Waals surface area (Å²) >= 11 is 0. The Balaban J connectivity index is 1.81. The number of ether oxygens (including phenoxy) is 1. The molecule has 1 amide bonds. The number of benzene rings is 1. The minimum absolute atomic E-state index is 0.0481. The lowest BCUT2D eigenvalue weighted by atomic mass is 10.1. The fourth-order valence-electron chi connectivity index (χ4n) is 3.23. The van der Waals surface area contributed by atoms with Gasteiger partial charge in [0, 0.05) is 38.8 Å². The van der Waals surface area contributed by atoms with Gasteiger partial charge in [-0.1, -0.05) is 12.1 Å². The first kappa shape index (κ1) is 19.7. The summed E-state index contributed by atoms with van der Waals surface area (Å²) in [5.74, 6) is 0.861. The molecule has 0 radical (unpaired) electrons. The number of aliphatic hydroxyl groups excluding tert-OH is 1. The van der Waals surface area contributed by atoms with Gasteiger partial charge in [0.05, 0.1) is 19.3 Å². The minimum Gasteiger partial charge on any atom is -0.497 e. The van der Waals surface area contributed by atoms with Crippen molar-refractivity contribution >= 4 is 5.91 Å². The van der Waals surface area contributed by atoms with Crippen LogP contribution in [0.2, 0.25) is 0 Å². The molecular weight excluding hydrogens is 318 g/mol. The van der Waals surface area contributed by atoms with Gasteiger partial charge >= 0.3 is 0 Å². The molecule has 140 valence electrons. The standard InChI is InChI=1S/C19H31N3O3/c1-14-12-22(10-9-21(14)13-15(2)23)16(3)19(24)20-11-17-5-7-18(25-4)8-6-17/h5-8,14-16,23H,9-13H2,1-4H3,(H,20,24)/t14-,15-,16-/m0/s1. The second-order valence-corrected chi connectivity index (χ2v) is 6.93. The van der Waals surface area contributed by atoms with Gasteiger partial charge in [0.25, 0.3) is 0 Å². The van der Waals surface area contributed by atoms with Crippen molar-refractivity contribution in [2.45, 2.75) is 45.5 Å². The zero-order valence-corrected chi connectivity index (χ0v) is 15.7. The highest BCUT2D eigenvalue weighted by Gasteiger charge is 2.29. The lowest BCUT2D eigenvalue weighted by molar-refractivity contribution is -0.127. The molecule has 2 N–H and O–H groups in total. The second-order valence-electron chi connectivity index (χ2n) is 6.93. The predicted octanol–water partition coefficient (Wildman–Crippen LogP) is 1.09. The summed E-state index contributed by atoms with van der Waals surface area (Å²) in [7, 11) is 1.64. The molecule has 0 aromatic heterocycles. The molecule has 0 bridgehead atoms. The van der Waals surface area contributed by atoms with Gasteiger partial charge in [-0.3, -0.25) is 14.6 Å². The molecule has 6 nitrogen and oxygen atoms in total. The third kappa shape index (κ3) is 5.70. The number of hydrogen-bond acceptors (Lipinski definition) is 5. The van der Waals surface area contributed by atoms with Crippen molar-refractivity contribution in [3.63, 3.8) is 0 Å². The molecule has 0 unspecified atom stereocenters. The molecular formula is C19H31N3O3. The van der Waals surface area contributed by atoms with Crippen molar-refractivity contribution < 1.29 is 14.6 Å². The van der Waals surface area contributed by atoms with Crippen LogP contribution in [0.15, 0.2) is 24.3 Å². The van der Waals surface area contributed by atoms with Crippen LogP contribution in [0.25, 0.3) is 0 Å². The normalized spacial score (nSPS) is 21.6. The van der Waals surface area contributed by atoms with Gasteiger partial charge in [0.15, 0.2) is 0 Å². The first-order valence-corrected chi connectivity index (χ1v) is 8.97. The Labute approximate surface area is 150 Å². The van der Waals surface area contributed by atoms with E-state index in [0.717, 1.165) is 30.9 Å². The smallest absolute Gasteiger partial charge is 0.237 e. The molecule has 1 heterocycles. The highest BCUT2D eigenvalue weighted by molar-refractivity contribution is 5.81. The first-order chi connectivity index (χ1) is 11.9. The topological polar surface area (TPSA) is 65.0 Å². The van der Waals surface area contributed by atoms with Crippen molar-refractivity contribution in [3.05, 3.63) is 29.8 Å². The van der Waals surface area contributed by atoms with E-state index in [0.29, 0.717) is 19.1 Å². The highest BCUT2D eigenvalue weighted by atomic mass is 16.5. The van der Waals surface area contributed by atoms with E-state index in [2.05, 4.69) is 22.0 Å². The molecule has 3 atom stereocenters. The first-order valence-electron chi connectivity index (χ1n) is 8.97. The zero-order valence-electron chi connectivity index (χ0n) is 15.7. The Morgan fingerprint density at radius 1 is 1.32 bits per heavy atom. The number of amides is 1. The van der Waals surface area contributed by atoms with E-state index in [9.17, 15) is 9.90 Å². The Morgan fingerprint density at radius 3 is 2.56 bits per heavy atom. The highest BCUT2D eigenvalue weighted by Crippen LogP contribution is 2.14. The number of carbonyl (C=O) groups is 1. The lowest BCUT2D eigenvalue weighted by Gasteiger charge is -2.42. The van der Waals surface area contributed by atoms with Crippen LogP contribution in [0.3, 0.4) is 0 Å². The van der Waals surface area contributed by atoms with E-state index in [1.807, 2.05) is 38.1 Å². The SMILES string of the molecule is COc1ccc(CNC(=O)[C@H](C)N2CCN(C[C@H](C)O)[C@@H](C)C2)cc1. The number of β-amino-alcohol motifs (C(OH)–C–C–N with tert-alkyl or cyclic N) is 1. The maximum atomic E-state index is 12.5. The number of carbonyl (C=O) groups excluding carboxylic acids is 1. The summed E-state index contributed by atoms with van der Waals surface area (Å²) in [5, 5.41) is 12.6.